The SMILES string of the molecule is Cc1ccc(CC(=O)NCC2CNCCO2)cc1. The minimum atomic E-state index is 0.0491. The normalized spacial score (nSPS) is 19.5. The Balaban J connectivity index is 1.73. The average molecular weight is 248 g/mol. The number of rotatable bonds is 4. The lowest BCUT2D eigenvalue weighted by molar-refractivity contribution is -0.121. The first kappa shape index (κ1) is 13.1. The number of amides is 1. The molecule has 2 N–H and O–H groups in total. The zero-order valence-corrected chi connectivity index (χ0v) is 10.7. The van der Waals surface area contributed by atoms with Crippen molar-refractivity contribution in [2.75, 3.05) is 26.2 Å². The Bertz CT molecular complexity index is 383. The largest absolute Gasteiger partial charge is 0.374 e. The lowest BCUT2D eigenvalue weighted by atomic mass is 10.1. The van der Waals surface area contributed by atoms with Crippen LogP contribution in [0.2, 0.25) is 0 Å². The summed E-state index contributed by atoms with van der Waals surface area (Å²) in [5.41, 5.74) is 2.25. The van der Waals surface area contributed by atoms with Crippen molar-refractivity contribution in [2.24, 2.45) is 0 Å². The fourth-order valence-corrected chi connectivity index (χ4v) is 1.93. The maximum atomic E-state index is 11.8. The third-order valence-electron chi connectivity index (χ3n) is 3.02. The van der Waals surface area contributed by atoms with Gasteiger partial charge in [0, 0.05) is 19.6 Å². The van der Waals surface area contributed by atoms with Gasteiger partial charge >= 0.3 is 0 Å². The molecule has 0 saturated carbocycles. The van der Waals surface area contributed by atoms with Crippen molar-refractivity contribution < 1.29 is 9.53 Å². The van der Waals surface area contributed by atoms with Crippen LogP contribution in [-0.4, -0.2) is 38.3 Å². The topological polar surface area (TPSA) is 50.4 Å². The Labute approximate surface area is 108 Å². The molecule has 0 aromatic heterocycles. The van der Waals surface area contributed by atoms with E-state index in [-0.39, 0.29) is 12.0 Å². The van der Waals surface area contributed by atoms with Gasteiger partial charge in [0.15, 0.2) is 0 Å². The Morgan fingerprint density at radius 3 is 2.89 bits per heavy atom. The van der Waals surface area contributed by atoms with Gasteiger partial charge in [-0.3, -0.25) is 4.79 Å². The van der Waals surface area contributed by atoms with Crippen molar-refractivity contribution in [3.63, 3.8) is 0 Å². The Hall–Kier alpha value is -1.39. The van der Waals surface area contributed by atoms with Gasteiger partial charge < -0.3 is 15.4 Å². The van der Waals surface area contributed by atoms with E-state index in [0.717, 1.165) is 25.3 Å². The van der Waals surface area contributed by atoms with E-state index in [2.05, 4.69) is 10.6 Å². The monoisotopic (exact) mass is 248 g/mol. The first-order valence-corrected chi connectivity index (χ1v) is 6.38. The lowest BCUT2D eigenvalue weighted by Crippen LogP contribution is -2.45. The quantitative estimate of drug-likeness (QED) is 0.822. The molecule has 1 atom stereocenters. The van der Waals surface area contributed by atoms with Crippen LogP contribution in [0.15, 0.2) is 24.3 Å². The molecule has 2 rings (SSSR count). The van der Waals surface area contributed by atoms with Crippen LogP contribution in [0.25, 0.3) is 0 Å². The molecule has 1 aliphatic heterocycles. The number of nitrogens with one attached hydrogen (secondary N) is 2. The summed E-state index contributed by atoms with van der Waals surface area (Å²) in [4.78, 5) is 11.8. The molecule has 18 heavy (non-hydrogen) atoms. The average Bonchev–Trinajstić information content (AvgIpc) is 2.40. The van der Waals surface area contributed by atoms with Gasteiger partial charge in [0.05, 0.1) is 19.1 Å². The van der Waals surface area contributed by atoms with Crippen LogP contribution in [0.1, 0.15) is 11.1 Å². The van der Waals surface area contributed by atoms with E-state index >= 15 is 0 Å². The molecule has 1 fully saturated rings. The molecule has 4 heteroatoms. The van der Waals surface area contributed by atoms with E-state index in [4.69, 9.17) is 4.74 Å². The molecular formula is C14H20N2O2. The number of carbonyl (C=O) groups is 1. The predicted octanol–water partition coefficient (Wildman–Crippen LogP) is 0.642. The molecule has 4 nitrogen and oxygen atoms in total. The summed E-state index contributed by atoms with van der Waals surface area (Å²) >= 11 is 0. The number of hydrogen-bond donors (Lipinski definition) is 2. The second-order valence-corrected chi connectivity index (χ2v) is 4.66. The van der Waals surface area contributed by atoms with Crippen LogP contribution >= 0.6 is 0 Å². The van der Waals surface area contributed by atoms with Crippen molar-refractivity contribution in [3.05, 3.63) is 35.4 Å². The number of aryl methyl sites for hydroxylation is 1. The summed E-state index contributed by atoms with van der Waals surface area (Å²) in [6, 6.07) is 8.04. The molecule has 1 aromatic carbocycles. The van der Waals surface area contributed by atoms with E-state index in [1.54, 1.807) is 0 Å². The van der Waals surface area contributed by atoms with Crippen LogP contribution in [0, 0.1) is 6.92 Å². The summed E-state index contributed by atoms with van der Waals surface area (Å²) in [5, 5.41) is 6.15. The lowest BCUT2D eigenvalue weighted by Gasteiger charge is -2.23. The van der Waals surface area contributed by atoms with Crippen LogP contribution in [0.3, 0.4) is 0 Å². The summed E-state index contributed by atoms with van der Waals surface area (Å²) in [5.74, 6) is 0.0491. The van der Waals surface area contributed by atoms with Gasteiger partial charge in [-0.15, -0.1) is 0 Å². The molecule has 98 valence electrons. The fraction of sp³-hybridized carbons (Fsp3) is 0.500. The fourth-order valence-electron chi connectivity index (χ4n) is 1.93. The van der Waals surface area contributed by atoms with Gasteiger partial charge in [-0.1, -0.05) is 29.8 Å². The van der Waals surface area contributed by atoms with E-state index in [1.165, 1.54) is 5.56 Å². The number of hydrogen-bond acceptors (Lipinski definition) is 3. The van der Waals surface area contributed by atoms with E-state index in [1.807, 2.05) is 31.2 Å². The van der Waals surface area contributed by atoms with Crippen molar-refractivity contribution in [3.8, 4) is 0 Å². The minimum absolute atomic E-state index is 0.0491. The van der Waals surface area contributed by atoms with Crippen molar-refractivity contribution in [1.82, 2.24) is 10.6 Å². The smallest absolute Gasteiger partial charge is 0.224 e. The van der Waals surface area contributed by atoms with Crippen molar-refractivity contribution in [1.29, 1.82) is 0 Å². The predicted molar refractivity (Wildman–Crippen MR) is 70.5 cm³/mol. The van der Waals surface area contributed by atoms with E-state index in [0.29, 0.717) is 13.0 Å². The zero-order chi connectivity index (χ0) is 12.8. The van der Waals surface area contributed by atoms with Crippen LogP contribution in [-0.2, 0) is 16.0 Å². The Kier molecular flexibility index (Phi) is 4.73. The molecule has 0 radical (unpaired) electrons. The third kappa shape index (κ3) is 4.13. The highest BCUT2D eigenvalue weighted by atomic mass is 16.5. The molecule has 1 saturated heterocycles. The van der Waals surface area contributed by atoms with Gasteiger partial charge in [0.25, 0.3) is 0 Å². The number of carbonyl (C=O) groups excluding carboxylic acids is 1. The highest BCUT2D eigenvalue weighted by Gasteiger charge is 2.14. The number of ether oxygens (including phenoxy) is 1. The van der Waals surface area contributed by atoms with Gasteiger partial charge in [-0.05, 0) is 12.5 Å². The molecule has 0 bridgehead atoms. The molecule has 1 amide bonds. The van der Waals surface area contributed by atoms with E-state index in [9.17, 15) is 4.79 Å². The Morgan fingerprint density at radius 1 is 1.44 bits per heavy atom. The van der Waals surface area contributed by atoms with Crippen LogP contribution in [0.4, 0.5) is 0 Å². The molecule has 1 unspecified atom stereocenters. The first-order valence-electron chi connectivity index (χ1n) is 6.38. The first-order chi connectivity index (χ1) is 8.74. The van der Waals surface area contributed by atoms with Crippen molar-refractivity contribution in [2.45, 2.75) is 19.4 Å². The molecule has 0 aliphatic carbocycles. The summed E-state index contributed by atoms with van der Waals surface area (Å²) < 4.78 is 5.52. The highest BCUT2D eigenvalue weighted by Crippen LogP contribution is 2.03. The molecule has 1 aromatic rings. The molecule has 0 spiro atoms. The molecule has 1 aliphatic rings. The van der Waals surface area contributed by atoms with Crippen LogP contribution < -0.4 is 10.6 Å². The van der Waals surface area contributed by atoms with Crippen LogP contribution in [0.5, 0.6) is 0 Å². The summed E-state index contributed by atoms with van der Waals surface area (Å²) in [6.07, 6.45) is 0.529. The highest BCUT2D eigenvalue weighted by molar-refractivity contribution is 5.78. The standard InChI is InChI=1S/C14H20N2O2/c1-11-2-4-12(5-3-11)8-14(17)16-10-13-9-15-6-7-18-13/h2-5,13,15H,6-10H2,1H3,(H,16,17). The number of morpholine rings is 1. The second kappa shape index (κ2) is 6.52. The van der Waals surface area contributed by atoms with E-state index < -0.39 is 0 Å². The summed E-state index contributed by atoms with van der Waals surface area (Å²) in [6.45, 7) is 5.05. The Morgan fingerprint density at radius 2 is 2.22 bits per heavy atom. The van der Waals surface area contributed by atoms with Gasteiger partial charge in [-0.2, -0.15) is 0 Å². The molecule has 1 heterocycles. The van der Waals surface area contributed by atoms with Gasteiger partial charge in [-0.25, -0.2) is 0 Å². The van der Waals surface area contributed by atoms with Gasteiger partial charge in [0.2, 0.25) is 5.91 Å². The molecular weight excluding hydrogens is 228 g/mol. The zero-order valence-electron chi connectivity index (χ0n) is 10.7. The maximum absolute atomic E-state index is 11.8. The third-order valence-corrected chi connectivity index (χ3v) is 3.02. The maximum Gasteiger partial charge on any atom is 0.224 e. The minimum Gasteiger partial charge on any atom is -0.374 e. The second-order valence-electron chi connectivity index (χ2n) is 4.66. The summed E-state index contributed by atoms with van der Waals surface area (Å²) in [7, 11) is 0. The van der Waals surface area contributed by atoms with Crippen molar-refractivity contribution >= 4 is 5.91 Å². The number of benzene rings is 1. The van der Waals surface area contributed by atoms with Gasteiger partial charge in [0.1, 0.15) is 0 Å².